The van der Waals surface area contributed by atoms with Gasteiger partial charge < -0.3 is 10.0 Å². The Morgan fingerprint density at radius 3 is 2.74 bits per heavy atom. The first-order valence-corrected chi connectivity index (χ1v) is 7.09. The third kappa shape index (κ3) is 2.87. The monoisotopic (exact) mass is 320 g/mol. The summed E-state index contributed by atoms with van der Waals surface area (Å²) in [5.41, 5.74) is 1.72. The van der Waals surface area contributed by atoms with Gasteiger partial charge in [0.2, 0.25) is 0 Å². The van der Waals surface area contributed by atoms with Crippen LogP contribution in [0.5, 0.6) is 0 Å². The molecule has 2 aromatic carbocycles. The third-order valence-corrected chi connectivity index (χ3v) is 4.01. The van der Waals surface area contributed by atoms with Crippen molar-refractivity contribution in [2.75, 3.05) is 11.4 Å². The molecule has 1 heterocycles. The first-order chi connectivity index (χ1) is 11.0. The summed E-state index contributed by atoms with van der Waals surface area (Å²) >= 11 is 0. The van der Waals surface area contributed by atoms with Crippen LogP contribution in [-0.2, 0) is 19.6 Å². The van der Waals surface area contributed by atoms with E-state index in [0.717, 1.165) is 6.07 Å². The zero-order valence-corrected chi connectivity index (χ0v) is 12.1. The van der Waals surface area contributed by atoms with Gasteiger partial charge in [0, 0.05) is 25.2 Å². The van der Waals surface area contributed by atoms with Crippen molar-refractivity contribution < 1.29 is 18.8 Å². The normalized spacial score (nSPS) is 13.8. The lowest BCUT2D eigenvalue weighted by molar-refractivity contribution is -0.384. The molecule has 0 fully saturated rings. The topological polar surface area (TPSA) is 66.6 Å². The molecular formula is C16H14F2N2O3. The Bertz CT molecular complexity index is 780. The van der Waals surface area contributed by atoms with Crippen molar-refractivity contribution in [2.24, 2.45) is 0 Å². The van der Waals surface area contributed by atoms with Crippen LogP contribution in [0.3, 0.4) is 0 Å². The quantitative estimate of drug-likeness (QED) is 0.697. The van der Waals surface area contributed by atoms with Gasteiger partial charge in [0.25, 0.3) is 5.69 Å². The highest BCUT2D eigenvalue weighted by Crippen LogP contribution is 2.33. The summed E-state index contributed by atoms with van der Waals surface area (Å²) in [4.78, 5) is 12.4. The lowest BCUT2D eigenvalue weighted by atomic mass is 9.98. The first-order valence-electron chi connectivity index (χ1n) is 7.09. The zero-order chi connectivity index (χ0) is 16.6. The van der Waals surface area contributed by atoms with Crippen molar-refractivity contribution >= 4 is 11.4 Å². The number of hydrogen-bond acceptors (Lipinski definition) is 4. The molecule has 0 saturated carbocycles. The van der Waals surface area contributed by atoms with Gasteiger partial charge >= 0.3 is 0 Å². The second-order valence-corrected chi connectivity index (χ2v) is 5.44. The molecule has 1 N–H and O–H groups in total. The van der Waals surface area contributed by atoms with Gasteiger partial charge in [0.15, 0.2) is 0 Å². The van der Waals surface area contributed by atoms with Gasteiger partial charge in [-0.15, -0.1) is 0 Å². The van der Waals surface area contributed by atoms with Crippen molar-refractivity contribution in [1.82, 2.24) is 0 Å². The summed E-state index contributed by atoms with van der Waals surface area (Å²) in [6, 6.07) is 6.47. The number of halogens is 2. The lowest BCUT2D eigenvalue weighted by Gasteiger charge is -2.30. The second kappa shape index (κ2) is 5.92. The third-order valence-electron chi connectivity index (χ3n) is 4.01. The summed E-state index contributed by atoms with van der Waals surface area (Å²) in [5, 5.41) is 20.4. The number of nitro benzene ring substituents is 1. The Morgan fingerprint density at radius 2 is 2.04 bits per heavy atom. The number of nitro groups is 1. The van der Waals surface area contributed by atoms with Crippen LogP contribution in [-0.4, -0.2) is 16.6 Å². The van der Waals surface area contributed by atoms with Crippen molar-refractivity contribution in [3.63, 3.8) is 0 Å². The number of aliphatic hydroxyl groups is 1. The molecule has 5 nitrogen and oxygen atoms in total. The van der Waals surface area contributed by atoms with Crippen LogP contribution in [0.4, 0.5) is 20.2 Å². The molecule has 0 saturated heterocycles. The SMILES string of the molecule is O=[N+]([O-])c1ccc(CO)cc1N1CCc2c(F)cc(F)cc2C1. The fourth-order valence-corrected chi connectivity index (χ4v) is 2.89. The number of aliphatic hydroxyl groups excluding tert-OH is 1. The molecule has 0 radical (unpaired) electrons. The highest BCUT2D eigenvalue weighted by atomic mass is 19.1. The smallest absolute Gasteiger partial charge is 0.292 e. The Balaban J connectivity index is 2.02. The zero-order valence-electron chi connectivity index (χ0n) is 12.1. The maximum atomic E-state index is 13.8. The van der Waals surface area contributed by atoms with E-state index in [1.165, 1.54) is 18.2 Å². The molecule has 0 unspecified atom stereocenters. The molecule has 3 rings (SSSR count). The van der Waals surface area contributed by atoms with E-state index in [1.807, 2.05) is 0 Å². The molecule has 0 aliphatic carbocycles. The fourth-order valence-electron chi connectivity index (χ4n) is 2.89. The van der Waals surface area contributed by atoms with E-state index in [9.17, 15) is 24.0 Å². The Hall–Kier alpha value is -2.54. The van der Waals surface area contributed by atoms with Crippen molar-refractivity contribution in [3.05, 3.63) is 68.8 Å². The maximum absolute atomic E-state index is 13.8. The summed E-state index contributed by atoms with van der Waals surface area (Å²) in [6.07, 6.45) is 0.335. The molecule has 7 heteroatoms. The van der Waals surface area contributed by atoms with Crippen LogP contribution >= 0.6 is 0 Å². The highest BCUT2D eigenvalue weighted by molar-refractivity contribution is 5.65. The summed E-state index contributed by atoms with van der Waals surface area (Å²) < 4.78 is 27.2. The second-order valence-electron chi connectivity index (χ2n) is 5.44. The summed E-state index contributed by atoms with van der Waals surface area (Å²) in [7, 11) is 0. The molecular weight excluding hydrogens is 306 g/mol. The van der Waals surface area contributed by atoms with Gasteiger partial charge in [-0.1, -0.05) is 0 Å². The van der Waals surface area contributed by atoms with Crippen molar-refractivity contribution in [3.8, 4) is 0 Å². The number of benzene rings is 2. The summed E-state index contributed by atoms with van der Waals surface area (Å²) in [6.45, 7) is 0.323. The first kappa shape index (κ1) is 15.4. The van der Waals surface area contributed by atoms with Gasteiger partial charge in [-0.2, -0.15) is 0 Å². The van der Waals surface area contributed by atoms with Gasteiger partial charge in [-0.3, -0.25) is 10.1 Å². The molecule has 0 aromatic heterocycles. The average molecular weight is 320 g/mol. The van der Waals surface area contributed by atoms with E-state index in [1.54, 1.807) is 11.0 Å². The minimum Gasteiger partial charge on any atom is -0.392 e. The predicted octanol–water partition coefficient (Wildman–Crippen LogP) is 2.93. The Labute approximate surface area is 130 Å². The Kier molecular flexibility index (Phi) is 3.96. The molecule has 1 aliphatic heterocycles. The van der Waals surface area contributed by atoms with E-state index < -0.39 is 16.6 Å². The van der Waals surface area contributed by atoms with Crippen LogP contribution in [0.2, 0.25) is 0 Å². The minimum atomic E-state index is -0.665. The van der Waals surface area contributed by atoms with E-state index >= 15 is 0 Å². The Morgan fingerprint density at radius 1 is 1.26 bits per heavy atom. The number of fused-ring (bicyclic) bond motifs is 1. The standard InChI is InChI=1S/C16H14F2N2O3/c17-12-6-11-8-19(4-3-13(11)14(18)7-12)16-5-10(9-21)1-2-15(16)20(22)23/h1-2,5-7,21H,3-4,8-9H2. The van der Waals surface area contributed by atoms with Gasteiger partial charge in [-0.05, 0) is 41.3 Å². The molecule has 120 valence electrons. The number of rotatable bonds is 3. The fraction of sp³-hybridized carbons (Fsp3) is 0.250. The molecule has 0 atom stereocenters. The van der Waals surface area contributed by atoms with Crippen LogP contribution in [0.1, 0.15) is 16.7 Å². The maximum Gasteiger partial charge on any atom is 0.292 e. The van der Waals surface area contributed by atoms with Gasteiger partial charge in [0.1, 0.15) is 17.3 Å². The number of anilines is 1. The molecule has 0 bridgehead atoms. The minimum absolute atomic E-state index is 0.0949. The lowest BCUT2D eigenvalue weighted by Crippen LogP contribution is -2.31. The average Bonchev–Trinajstić information content (AvgIpc) is 2.53. The van der Waals surface area contributed by atoms with Crippen LogP contribution < -0.4 is 4.90 Å². The molecule has 1 aliphatic rings. The molecule has 23 heavy (non-hydrogen) atoms. The van der Waals surface area contributed by atoms with Crippen LogP contribution in [0, 0.1) is 21.7 Å². The number of hydrogen-bond donors (Lipinski definition) is 1. The van der Waals surface area contributed by atoms with Crippen molar-refractivity contribution in [2.45, 2.75) is 19.6 Å². The van der Waals surface area contributed by atoms with E-state index in [-0.39, 0.29) is 18.8 Å². The largest absolute Gasteiger partial charge is 0.392 e. The molecule has 0 spiro atoms. The van der Waals surface area contributed by atoms with E-state index in [0.29, 0.717) is 35.3 Å². The number of nitrogens with zero attached hydrogens (tertiary/aromatic N) is 2. The van der Waals surface area contributed by atoms with Crippen LogP contribution in [0.25, 0.3) is 0 Å². The van der Waals surface area contributed by atoms with E-state index in [2.05, 4.69) is 0 Å². The molecule has 0 amide bonds. The van der Waals surface area contributed by atoms with Gasteiger partial charge in [-0.25, -0.2) is 8.78 Å². The predicted molar refractivity (Wildman–Crippen MR) is 80.1 cm³/mol. The molecule has 2 aromatic rings. The van der Waals surface area contributed by atoms with Crippen molar-refractivity contribution in [1.29, 1.82) is 0 Å². The van der Waals surface area contributed by atoms with E-state index in [4.69, 9.17) is 0 Å². The summed E-state index contributed by atoms with van der Waals surface area (Å²) in [5.74, 6) is -1.25. The van der Waals surface area contributed by atoms with Crippen LogP contribution in [0.15, 0.2) is 30.3 Å². The highest BCUT2D eigenvalue weighted by Gasteiger charge is 2.25. The van der Waals surface area contributed by atoms with Gasteiger partial charge in [0.05, 0.1) is 11.5 Å².